The fourth-order valence-corrected chi connectivity index (χ4v) is 2.50. The third kappa shape index (κ3) is 5.48. The van der Waals surface area contributed by atoms with Crippen LogP contribution in [0, 0.1) is 23.0 Å². The van der Waals surface area contributed by atoms with Gasteiger partial charge in [-0.1, -0.05) is 0 Å². The van der Waals surface area contributed by atoms with Crippen molar-refractivity contribution < 1.29 is 31.5 Å². The molecule has 2 N–H and O–H groups in total. The monoisotopic (exact) mass is 433 g/mol. The SMILES string of the molecule is N#Cc1ccc(Oc2cc(NC(=O)Nc3ccc(F)c(C(F)(F)F)c3)ccc2F)cc1. The number of ether oxygens (including phenoxy) is 1. The van der Waals surface area contributed by atoms with Crippen LogP contribution in [0.2, 0.25) is 0 Å². The molecule has 3 aromatic carbocycles. The van der Waals surface area contributed by atoms with Crippen molar-refractivity contribution in [1.29, 1.82) is 5.26 Å². The summed E-state index contributed by atoms with van der Waals surface area (Å²) in [5, 5.41) is 13.3. The highest BCUT2D eigenvalue weighted by Gasteiger charge is 2.34. The Hall–Kier alpha value is -4.13. The van der Waals surface area contributed by atoms with Gasteiger partial charge in [0.15, 0.2) is 11.6 Å². The first-order chi connectivity index (χ1) is 14.7. The summed E-state index contributed by atoms with van der Waals surface area (Å²) in [4.78, 5) is 12.1. The van der Waals surface area contributed by atoms with Gasteiger partial charge in [0.1, 0.15) is 11.6 Å². The van der Waals surface area contributed by atoms with Crippen molar-refractivity contribution in [2.24, 2.45) is 0 Å². The normalized spacial score (nSPS) is 10.8. The van der Waals surface area contributed by atoms with Gasteiger partial charge < -0.3 is 15.4 Å². The summed E-state index contributed by atoms with van der Waals surface area (Å²) in [6, 6.07) is 12.3. The van der Waals surface area contributed by atoms with Gasteiger partial charge in [-0.3, -0.25) is 0 Å². The molecule has 3 aromatic rings. The predicted molar refractivity (Wildman–Crippen MR) is 102 cm³/mol. The second-order valence-corrected chi connectivity index (χ2v) is 6.15. The quantitative estimate of drug-likeness (QED) is 0.475. The molecule has 3 rings (SSSR count). The van der Waals surface area contributed by atoms with Crippen molar-refractivity contribution in [2.45, 2.75) is 6.18 Å². The van der Waals surface area contributed by atoms with Gasteiger partial charge in [0, 0.05) is 17.4 Å². The zero-order chi connectivity index (χ0) is 22.6. The predicted octanol–water partition coefficient (Wildman–Crippen LogP) is 6.29. The average molecular weight is 433 g/mol. The summed E-state index contributed by atoms with van der Waals surface area (Å²) in [5.41, 5.74) is -1.34. The molecule has 31 heavy (non-hydrogen) atoms. The van der Waals surface area contributed by atoms with Crippen LogP contribution >= 0.6 is 0 Å². The first kappa shape index (κ1) is 21.6. The number of hydrogen-bond donors (Lipinski definition) is 2. The van der Waals surface area contributed by atoms with Crippen LogP contribution in [0.25, 0.3) is 0 Å². The van der Waals surface area contributed by atoms with E-state index in [-0.39, 0.29) is 22.9 Å². The molecule has 0 unspecified atom stereocenters. The van der Waals surface area contributed by atoms with Crippen molar-refractivity contribution in [1.82, 2.24) is 0 Å². The van der Waals surface area contributed by atoms with Crippen LogP contribution in [0.15, 0.2) is 60.7 Å². The molecule has 0 aliphatic carbocycles. The second kappa shape index (κ2) is 8.71. The van der Waals surface area contributed by atoms with Crippen molar-refractivity contribution in [3.05, 3.63) is 83.4 Å². The van der Waals surface area contributed by atoms with Gasteiger partial charge in [-0.15, -0.1) is 0 Å². The molecule has 0 aromatic heterocycles. The standard InChI is InChI=1S/C21H12F5N3O2/c22-17-7-3-13(9-16(17)21(24,25)26)28-20(30)29-14-4-8-18(23)19(10-14)31-15-5-1-12(11-27)2-6-15/h1-10H,(H2,28,29,30). The number of anilines is 2. The number of rotatable bonds is 4. The molecule has 2 amide bonds. The Morgan fingerprint density at radius 1 is 0.871 bits per heavy atom. The molecular weight excluding hydrogens is 421 g/mol. The van der Waals surface area contributed by atoms with E-state index in [2.05, 4.69) is 10.6 Å². The summed E-state index contributed by atoms with van der Waals surface area (Å²) in [7, 11) is 0. The highest BCUT2D eigenvalue weighted by atomic mass is 19.4. The topological polar surface area (TPSA) is 74.1 Å². The van der Waals surface area contributed by atoms with Crippen molar-refractivity contribution >= 4 is 17.4 Å². The summed E-state index contributed by atoms with van der Waals surface area (Å²) in [5.74, 6) is -2.20. The third-order valence-corrected chi connectivity index (χ3v) is 3.93. The van der Waals surface area contributed by atoms with Gasteiger partial charge in [0.2, 0.25) is 0 Å². The largest absolute Gasteiger partial charge is 0.454 e. The lowest BCUT2D eigenvalue weighted by Gasteiger charge is -2.13. The summed E-state index contributed by atoms with van der Waals surface area (Å²) < 4.78 is 71.1. The summed E-state index contributed by atoms with van der Waals surface area (Å²) >= 11 is 0. The fraction of sp³-hybridized carbons (Fsp3) is 0.0476. The number of amides is 2. The highest BCUT2D eigenvalue weighted by molar-refractivity contribution is 5.99. The first-order valence-electron chi connectivity index (χ1n) is 8.58. The lowest BCUT2D eigenvalue weighted by atomic mass is 10.2. The molecule has 0 heterocycles. The van der Waals surface area contributed by atoms with Crippen LogP contribution in [0.4, 0.5) is 38.1 Å². The third-order valence-electron chi connectivity index (χ3n) is 3.93. The van der Waals surface area contributed by atoms with E-state index in [1.807, 2.05) is 6.07 Å². The number of carbonyl (C=O) groups is 1. The van der Waals surface area contributed by atoms with Gasteiger partial charge in [-0.25, -0.2) is 13.6 Å². The number of nitriles is 1. The zero-order valence-corrected chi connectivity index (χ0v) is 15.4. The summed E-state index contributed by atoms with van der Waals surface area (Å²) in [6.45, 7) is 0. The van der Waals surface area contributed by atoms with Crippen LogP contribution in [0.1, 0.15) is 11.1 Å². The molecule has 10 heteroatoms. The maximum atomic E-state index is 14.0. The molecule has 0 bridgehead atoms. The minimum atomic E-state index is -4.92. The number of benzene rings is 3. The van der Waals surface area contributed by atoms with Gasteiger partial charge >= 0.3 is 12.2 Å². The van der Waals surface area contributed by atoms with E-state index in [4.69, 9.17) is 10.00 Å². The molecule has 0 aliphatic rings. The highest BCUT2D eigenvalue weighted by Crippen LogP contribution is 2.33. The van der Waals surface area contributed by atoms with Crippen LogP contribution in [-0.4, -0.2) is 6.03 Å². The van der Waals surface area contributed by atoms with E-state index < -0.39 is 29.4 Å². The number of carbonyl (C=O) groups excluding carboxylic acids is 1. The molecule has 5 nitrogen and oxygen atoms in total. The zero-order valence-electron chi connectivity index (χ0n) is 15.4. The molecular formula is C21H12F5N3O2. The Kier molecular flexibility index (Phi) is 6.06. The molecule has 0 saturated carbocycles. The second-order valence-electron chi connectivity index (χ2n) is 6.15. The molecule has 0 aliphatic heterocycles. The maximum absolute atomic E-state index is 14.0. The minimum absolute atomic E-state index is 0.0840. The van der Waals surface area contributed by atoms with E-state index in [0.29, 0.717) is 17.7 Å². The van der Waals surface area contributed by atoms with E-state index in [9.17, 15) is 26.7 Å². The number of hydrogen-bond acceptors (Lipinski definition) is 3. The van der Waals surface area contributed by atoms with Gasteiger partial charge in [0.05, 0.1) is 17.2 Å². The molecule has 158 valence electrons. The Labute approximate surface area is 172 Å². The lowest BCUT2D eigenvalue weighted by molar-refractivity contribution is -0.139. The van der Waals surface area contributed by atoms with E-state index >= 15 is 0 Å². The van der Waals surface area contributed by atoms with Crippen LogP contribution < -0.4 is 15.4 Å². The molecule has 0 radical (unpaired) electrons. The summed E-state index contributed by atoms with van der Waals surface area (Å²) in [6.07, 6.45) is -4.92. The smallest absolute Gasteiger partial charge is 0.419 e. The van der Waals surface area contributed by atoms with Crippen LogP contribution in [-0.2, 0) is 6.18 Å². The Morgan fingerprint density at radius 2 is 1.45 bits per heavy atom. The number of nitrogens with zero attached hydrogens (tertiary/aromatic N) is 1. The number of nitrogens with one attached hydrogen (secondary N) is 2. The Bertz CT molecular complexity index is 1160. The molecule has 0 atom stereocenters. The molecule has 0 saturated heterocycles. The number of halogens is 5. The van der Waals surface area contributed by atoms with E-state index in [0.717, 1.165) is 12.1 Å². The molecule has 0 fully saturated rings. The number of urea groups is 1. The van der Waals surface area contributed by atoms with E-state index in [1.54, 1.807) is 0 Å². The first-order valence-corrected chi connectivity index (χ1v) is 8.58. The van der Waals surface area contributed by atoms with Crippen LogP contribution in [0.5, 0.6) is 11.5 Å². The average Bonchev–Trinajstić information content (AvgIpc) is 2.71. The number of alkyl halides is 3. The van der Waals surface area contributed by atoms with Crippen LogP contribution in [0.3, 0.4) is 0 Å². The van der Waals surface area contributed by atoms with Gasteiger partial charge in [0.25, 0.3) is 0 Å². The molecule has 0 spiro atoms. The maximum Gasteiger partial charge on any atom is 0.419 e. The van der Waals surface area contributed by atoms with Crippen molar-refractivity contribution in [3.8, 4) is 17.6 Å². The Morgan fingerprint density at radius 3 is 2.03 bits per heavy atom. The lowest BCUT2D eigenvalue weighted by Crippen LogP contribution is -2.20. The van der Waals surface area contributed by atoms with Crippen molar-refractivity contribution in [3.63, 3.8) is 0 Å². The van der Waals surface area contributed by atoms with Crippen molar-refractivity contribution in [2.75, 3.05) is 10.6 Å². The van der Waals surface area contributed by atoms with Gasteiger partial charge in [-0.2, -0.15) is 18.4 Å². The fourth-order valence-electron chi connectivity index (χ4n) is 2.50. The van der Waals surface area contributed by atoms with Gasteiger partial charge in [-0.05, 0) is 54.6 Å². The van der Waals surface area contributed by atoms with E-state index in [1.165, 1.54) is 36.4 Å². The Balaban J connectivity index is 1.72. The minimum Gasteiger partial charge on any atom is -0.454 e.